The first-order valence-electron chi connectivity index (χ1n) is 8.97. The Balaban J connectivity index is 1.57. The van der Waals surface area contributed by atoms with Gasteiger partial charge in [-0.3, -0.25) is 9.69 Å². The van der Waals surface area contributed by atoms with Crippen molar-refractivity contribution in [2.45, 2.75) is 32.4 Å². The van der Waals surface area contributed by atoms with Crippen LogP contribution in [-0.4, -0.2) is 31.0 Å². The number of nitrogens with zero attached hydrogens (tertiary/aromatic N) is 1. The number of carbonyl (C=O) groups is 1. The van der Waals surface area contributed by atoms with Gasteiger partial charge < -0.3 is 10.1 Å². The number of hydrogen-bond acceptors (Lipinski definition) is 3. The standard InChI is InChI=1S/C21H26N2O2/c1-25-20-10-6-9-19(14-20)21(24)22-15-17-7-5-8-18(13-17)16-23-11-3-2-4-12-23/h5-10,13-14H,2-4,11-12,15-16H2,1H3,(H,22,24). The number of benzene rings is 2. The lowest BCUT2D eigenvalue weighted by atomic mass is 10.1. The second kappa shape index (κ2) is 8.67. The third-order valence-corrected chi connectivity index (χ3v) is 4.63. The third-order valence-electron chi connectivity index (χ3n) is 4.63. The van der Waals surface area contributed by atoms with Crippen molar-refractivity contribution in [1.82, 2.24) is 10.2 Å². The molecule has 3 rings (SSSR count). The number of nitrogens with one attached hydrogen (secondary N) is 1. The number of methoxy groups -OCH3 is 1. The van der Waals surface area contributed by atoms with E-state index in [1.165, 1.54) is 37.9 Å². The molecule has 1 saturated heterocycles. The summed E-state index contributed by atoms with van der Waals surface area (Å²) in [7, 11) is 1.60. The zero-order valence-electron chi connectivity index (χ0n) is 14.8. The number of piperidine rings is 1. The topological polar surface area (TPSA) is 41.6 Å². The molecule has 1 fully saturated rings. The second-order valence-corrected chi connectivity index (χ2v) is 6.57. The molecule has 0 spiro atoms. The van der Waals surface area contributed by atoms with Gasteiger partial charge in [0, 0.05) is 18.7 Å². The molecule has 2 aromatic carbocycles. The van der Waals surface area contributed by atoms with Gasteiger partial charge in [0.1, 0.15) is 5.75 Å². The number of amides is 1. The van der Waals surface area contributed by atoms with Crippen LogP contribution in [0.4, 0.5) is 0 Å². The molecule has 0 radical (unpaired) electrons. The fraction of sp³-hybridized carbons (Fsp3) is 0.381. The Hall–Kier alpha value is -2.33. The van der Waals surface area contributed by atoms with Gasteiger partial charge in [-0.05, 0) is 55.3 Å². The van der Waals surface area contributed by atoms with Crippen molar-refractivity contribution in [2.75, 3.05) is 20.2 Å². The molecule has 2 aromatic rings. The lowest BCUT2D eigenvalue weighted by Crippen LogP contribution is -2.29. The Morgan fingerprint density at radius 1 is 1.04 bits per heavy atom. The van der Waals surface area contributed by atoms with Crippen LogP contribution in [0.3, 0.4) is 0 Å². The predicted molar refractivity (Wildman–Crippen MR) is 99.7 cm³/mol. The maximum absolute atomic E-state index is 12.3. The van der Waals surface area contributed by atoms with Crippen LogP contribution < -0.4 is 10.1 Å². The van der Waals surface area contributed by atoms with Crippen molar-refractivity contribution in [2.24, 2.45) is 0 Å². The van der Waals surface area contributed by atoms with Crippen LogP contribution in [0.1, 0.15) is 40.7 Å². The highest BCUT2D eigenvalue weighted by Crippen LogP contribution is 2.15. The quantitative estimate of drug-likeness (QED) is 0.875. The monoisotopic (exact) mass is 338 g/mol. The zero-order valence-corrected chi connectivity index (χ0v) is 14.8. The maximum atomic E-state index is 12.3. The summed E-state index contributed by atoms with van der Waals surface area (Å²) in [5.74, 6) is 0.608. The number of hydrogen-bond donors (Lipinski definition) is 1. The first-order chi connectivity index (χ1) is 12.2. The van der Waals surface area contributed by atoms with E-state index in [4.69, 9.17) is 4.74 Å². The van der Waals surface area contributed by atoms with Gasteiger partial charge in [0.05, 0.1) is 7.11 Å². The maximum Gasteiger partial charge on any atom is 0.251 e. The summed E-state index contributed by atoms with van der Waals surface area (Å²) < 4.78 is 5.17. The van der Waals surface area contributed by atoms with Gasteiger partial charge in [0.15, 0.2) is 0 Å². The van der Waals surface area contributed by atoms with E-state index in [9.17, 15) is 4.79 Å². The second-order valence-electron chi connectivity index (χ2n) is 6.57. The van der Waals surface area contributed by atoms with Crippen molar-refractivity contribution < 1.29 is 9.53 Å². The molecule has 1 amide bonds. The summed E-state index contributed by atoms with van der Waals surface area (Å²) in [5.41, 5.74) is 3.06. The Morgan fingerprint density at radius 2 is 1.80 bits per heavy atom. The van der Waals surface area contributed by atoms with Gasteiger partial charge in [-0.1, -0.05) is 36.8 Å². The van der Waals surface area contributed by atoms with Gasteiger partial charge in [0.25, 0.3) is 5.91 Å². The molecule has 1 N–H and O–H groups in total. The van der Waals surface area contributed by atoms with Crippen molar-refractivity contribution in [3.8, 4) is 5.75 Å². The molecule has 0 saturated carbocycles. The van der Waals surface area contributed by atoms with E-state index in [1.54, 1.807) is 19.2 Å². The zero-order chi connectivity index (χ0) is 17.5. The fourth-order valence-electron chi connectivity index (χ4n) is 3.26. The van der Waals surface area contributed by atoms with Gasteiger partial charge >= 0.3 is 0 Å². The normalized spacial score (nSPS) is 14.9. The summed E-state index contributed by atoms with van der Waals surface area (Å²) in [4.78, 5) is 14.8. The SMILES string of the molecule is COc1cccc(C(=O)NCc2cccc(CN3CCCCC3)c2)c1. The van der Waals surface area contributed by atoms with Crippen molar-refractivity contribution in [3.05, 3.63) is 65.2 Å². The smallest absolute Gasteiger partial charge is 0.251 e. The van der Waals surface area contributed by atoms with Crippen LogP contribution in [0.25, 0.3) is 0 Å². The van der Waals surface area contributed by atoms with E-state index in [-0.39, 0.29) is 5.91 Å². The van der Waals surface area contributed by atoms with Crippen molar-refractivity contribution in [1.29, 1.82) is 0 Å². The van der Waals surface area contributed by atoms with E-state index < -0.39 is 0 Å². The van der Waals surface area contributed by atoms with Crippen molar-refractivity contribution >= 4 is 5.91 Å². The number of likely N-dealkylation sites (tertiary alicyclic amines) is 1. The highest BCUT2D eigenvalue weighted by atomic mass is 16.5. The molecule has 25 heavy (non-hydrogen) atoms. The molecule has 4 nitrogen and oxygen atoms in total. The van der Waals surface area contributed by atoms with E-state index >= 15 is 0 Å². The van der Waals surface area contributed by atoms with E-state index in [0.29, 0.717) is 17.9 Å². The molecular weight excluding hydrogens is 312 g/mol. The highest BCUT2D eigenvalue weighted by molar-refractivity contribution is 5.94. The molecule has 0 aromatic heterocycles. The third kappa shape index (κ3) is 5.07. The Kier molecular flexibility index (Phi) is 6.07. The number of rotatable bonds is 6. The van der Waals surface area contributed by atoms with Crippen LogP contribution in [-0.2, 0) is 13.1 Å². The van der Waals surface area contributed by atoms with Crippen LogP contribution in [0.15, 0.2) is 48.5 Å². The minimum Gasteiger partial charge on any atom is -0.497 e. The molecule has 4 heteroatoms. The number of ether oxygens (including phenoxy) is 1. The summed E-state index contributed by atoms with van der Waals surface area (Å²) in [6.07, 6.45) is 3.96. The molecule has 0 unspecified atom stereocenters. The Labute approximate surface area is 149 Å². The molecule has 1 aliphatic rings. The minimum atomic E-state index is -0.0830. The Morgan fingerprint density at radius 3 is 2.60 bits per heavy atom. The van der Waals surface area contributed by atoms with Gasteiger partial charge in [-0.2, -0.15) is 0 Å². The van der Waals surface area contributed by atoms with E-state index in [0.717, 1.165) is 12.1 Å². The predicted octanol–water partition coefficient (Wildman–Crippen LogP) is 3.61. The summed E-state index contributed by atoms with van der Waals surface area (Å²) >= 11 is 0. The molecule has 1 aliphatic heterocycles. The summed E-state index contributed by atoms with van der Waals surface area (Å²) in [6, 6.07) is 15.7. The van der Waals surface area contributed by atoms with Crippen LogP contribution in [0.2, 0.25) is 0 Å². The summed E-state index contributed by atoms with van der Waals surface area (Å²) in [6.45, 7) is 3.91. The van der Waals surface area contributed by atoms with E-state index in [2.05, 4.69) is 34.5 Å². The Bertz CT molecular complexity index is 709. The molecule has 0 atom stereocenters. The molecule has 0 bridgehead atoms. The molecule has 0 aliphatic carbocycles. The lowest BCUT2D eigenvalue weighted by Gasteiger charge is -2.26. The van der Waals surface area contributed by atoms with Gasteiger partial charge in [-0.25, -0.2) is 0 Å². The molecule has 1 heterocycles. The summed E-state index contributed by atoms with van der Waals surface area (Å²) in [5, 5.41) is 2.99. The average Bonchev–Trinajstić information content (AvgIpc) is 2.67. The van der Waals surface area contributed by atoms with Crippen molar-refractivity contribution in [3.63, 3.8) is 0 Å². The van der Waals surface area contributed by atoms with Crippen LogP contribution in [0.5, 0.6) is 5.75 Å². The first kappa shape index (κ1) is 17.5. The molecule has 132 valence electrons. The lowest BCUT2D eigenvalue weighted by molar-refractivity contribution is 0.0950. The van der Waals surface area contributed by atoms with Crippen LogP contribution in [0, 0.1) is 0 Å². The largest absolute Gasteiger partial charge is 0.497 e. The molecular formula is C21H26N2O2. The number of carbonyl (C=O) groups excluding carboxylic acids is 1. The fourth-order valence-corrected chi connectivity index (χ4v) is 3.26. The van der Waals surface area contributed by atoms with Gasteiger partial charge in [-0.15, -0.1) is 0 Å². The van der Waals surface area contributed by atoms with Crippen LogP contribution >= 0.6 is 0 Å². The average molecular weight is 338 g/mol. The highest BCUT2D eigenvalue weighted by Gasteiger charge is 2.11. The minimum absolute atomic E-state index is 0.0830. The van der Waals surface area contributed by atoms with E-state index in [1.807, 2.05) is 12.1 Å². The first-order valence-corrected chi connectivity index (χ1v) is 8.97. The van der Waals surface area contributed by atoms with Gasteiger partial charge in [0.2, 0.25) is 0 Å².